The van der Waals surface area contributed by atoms with E-state index in [0.717, 1.165) is 13.8 Å². The van der Waals surface area contributed by atoms with Crippen molar-refractivity contribution in [1.82, 2.24) is 111 Å². The summed E-state index contributed by atoms with van der Waals surface area (Å²) >= 11 is 4.17. The summed E-state index contributed by atoms with van der Waals surface area (Å²) in [5, 5.41) is 135. The van der Waals surface area contributed by atoms with Crippen molar-refractivity contribution in [2.24, 2.45) is 29.0 Å². The van der Waals surface area contributed by atoms with Crippen LogP contribution < -0.4 is 118 Å². The zero-order valence-corrected chi connectivity index (χ0v) is 83.5. The highest BCUT2D eigenvalue weighted by Gasteiger charge is 2.41. The van der Waals surface area contributed by atoms with E-state index < -0.39 is 365 Å². The molecular weight excluding hydrogens is 1980 g/mol. The number of carboxylic acids is 4. The molecule has 0 aliphatic heterocycles. The Balaban J connectivity index is 1.81. The van der Waals surface area contributed by atoms with Gasteiger partial charge in [-0.2, -0.15) is 12.6 Å². The van der Waals surface area contributed by atoms with Gasteiger partial charge in [0.15, 0.2) is 0 Å². The molecule has 0 aliphatic carbocycles. The molecule has 0 fully saturated rings. The van der Waals surface area contributed by atoms with Gasteiger partial charge in [0.1, 0.15) is 108 Å². The van der Waals surface area contributed by atoms with Gasteiger partial charge < -0.3 is 169 Å². The van der Waals surface area contributed by atoms with E-state index in [-0.39, 0.29) is 37.1 Å². The second kappa shape index (κ2) is 64.7. The smallest absolute Gasteiger partial charge is 0.326 e. The van der Waals surface area contributed by atoms with Gasteiger partial charge in [-0.1, -0.05) is 70.2 Å². The first-order valence-corrected chi connectivity index (χ1v) is 47.5. The first-order valence-electron chi connectivity index (χ1n) is 46.8. The largest absolute Gasteiger partial charge is 0.508 e. The van der Waals surface area contributed by atoms with Crippen molar-refractivity contribution in [1.29, 1.82) is 0 Å². The molecule has 1 aromatic heterocycles. The number of carbonyl (C=O) groups is 24. The third-order valence-electron chi connectivity index (χ3n) is 22.0. The number of nitrogens with zero attached hydrogens (tertiary/aromatic N) is 1. The molecule has 57 nitrogen and oxygen atoms in total. The number of aromatic amines is 1. The number of benzene rings is 2. The number of rotatable bonds is 68. The molecule has 20 amide bonds. The van der Waals surface area contributed by atoms with Gasteiger partial charge in [0, 0.05) is 50.5 Å². The van der Waals surface area contributed by atoms with Crippen LogP contribution in [0.4, 0.5) is 0 Å². The van der Waals surface area contributed by atoms with Crippen LogP contribution in [0.25, 0.3) is 0 Å². The van der Waals surface area contributed by atoms with Crippen LogP contribution >= 0.6 is 12.6 Å². The summed E-state index contributed by atoms with van der Waals surface area (Å²) < 4.78 is 0. The summed E-state index contributed by atoms with van der Waals surface area (Å²) in [5.41, 5.74) is 17.8. The van der Waals surface area contributed by atoms with Gasteiger partial charge >= 0.3 is 23.9 Å². The number of amides is 20. The lowest BCUT2D eigenvalue weighted by Gasteiger charge is -2.29. The number of aliphatic hydroxyl groups is 4. The number of aromatic nitrogens is 2. The van der Waals surface area contributed by atoms with E-state index in [1.165, 1.54) is 95.7 Å². The van der Waals surface area contributed by atoms with E-state index in [2.05, 4.69) is 118 Å². The van der Waals surface area contributed by atoms with Crippen LogP contribution in [0.15, 0.2) is 67.1 Å². The third-order valence-corrected chi connectivity index (χ3v) is 22.4. The van der Waals surface area contributed by atoms with Crippen molar-refractivity contribution in [3.8, 4) is 5.75 Å². The number of nitrogens with two attached hydrogens (primary N) is 3. The number of thiol groups is 1. The van der Waals surface area contributed by atoms with Gasteiger partial charge in [-0.25, -0.2) is 9.78 Å². The number of H-pyrrole nitrogens is 1. The number of nitrogens with one attached hydrogen (secondary N) is 20. The Morgan fingerprint density at radius 1 is 0.378 bits per heavy atom. The number of aromatic hydroxyl groups is 1. The minimum atomic E-state index is -2.19. The minimum Gasteiger partial charge on any atom is -0.508 e. The number of imidazole rings is 1. The fourth-order valence-corrected chi connectivity index (χ4v) is 14.0. The fraction of sp³-hybridized carbons (Fsp3) is 0.567. The predicted octanol–water partition coefficient (Wildman–Crippen LogP) is -11.9. The number of phenols is 1. The molecule has 2 aromatic carbocycles. The van der Waals surface area contributed by atoms with Crippen molar-refractivity contribution in [2.75, 3.05) is 38.6 Å². The Bertz CT molecular complexity index is 5060. The molecule has 0 aliphatic rings. The molecule has 58 heteroatoms. The van der Waals surface area contributed by atoms with Crippen LogP contribution in [0.5, 0.6) is 5.75 Å². The SMILES string of the molecule is CC(C)C[C@H](NC(=O)[C@H](Cc1ccc(O)cc1)NC(=O)[C@H](CO)NC(=O)[C@H](CS)NC(=O)[C@@H](NC(=O)[C@H](CC(=O)O)NC(=O)[C@H](CO)NC(=O)[C@@H](NC(=O)[C@H](Cc1ccccc1)NC(=O)[C@@H](NC(=O)CNC(=O)[C@H](CCC(=O)O)NC(=O)[C@H](C)NC(=O)[C@@H](N)Cc1c[nH]cn1)[C@@H](C)O)[C@@H](C)O)C(C)C)C(=O)N[C@@H](CCC(=O)O)C(=O)NCC(=O)N[C@@H](CCC(N)=O)C(=O)N[C@@H](C)C(=O)N[C@@H](C)C(=O)N[C@@H](CCCCN)C(=O)O. The monoisotopic (exact) mass is 2110 g/mol. The van der Waals surface area contributed by atoms with Crippen LogP contribution in [0.2, 0.25) is 0 Å². The van der Waals surface area contributed by atoms with Gasteiger partial charge in [0.25, 0.3) is 0 Å². The first kappa shape index (κ1) is 127. The lowest BCUT2D eigenvalue weighted by atomic mass is 10.00. The Morgan fingerprint density at radius 3 is 1.22 bits per heavy atom. The first-order chi connectivity index (χ1) is 69.5. The Hall–Kier alpha value is -15.2. The molecule has 3 rings (SSSR count). The number of carbonyl (C=O) groups excluding carboxylic acids is 20. The molecule has 0 saturated carbocycles. The predicted molar refractivity (Wildman–Crippen MR) is 519 cm³/mol. The molecule has 20 atom stereocenters. The lowest BCUT2D eigenvalue weighted by molar-refractivity contribution is -0.142. The van der Waals surface area contributed by atoms with Gasteiger partial charge in [-0.3, -0.25) is 110 Å². The topological polar surface area (TPSA) is 927 Å². The molecule has 0 saturated heterocycles. The Morgan fingerprint density at radius 2 is 0.757 bits per heavy atom. The number of unbranched alkanes of at least 4 members (excludes halogenated alkanes) is 1. The average molecular weight is 2110 g/mol. The van der Waals surface area contributed by atoms with Crippen LogP contribution in [0, 0.1) is 11.8 Å². The average Bonchev–Trinajstić information content (AvgIpc) is 0.868. The number of phenolic OH excluding ortho intramolecular Hbond substituents is 1. The highest BCUT2D eigenvalue weighted by molar-refractivity contribution is 7.80. The second-order valence-corrected chi connectivity index (χ2v) is 35.7. The standard InChI is InChI=1S/C90H136N24O33S/c1-41(2)29-57(80(136)103-54(24-27-68(125)126)78(134)95-35-65(121)101-55(22-25-64(93)120)79(135)100-43(5)73(129)98-44(6)75(131)104-56(90(146)147)17-13-14-28-91)105-81(137)58(31-49-18-20-51(119)21-19-49)106-84(140)61(37-115)109-86(142)63(39-148)111-87(143)70(42(3)4)113-83(139)60(33-69(127)128)107-85(141)62(38-116)110-89(145)72(47(9)118)114-82(138)59(30-48-15-11-10-12-16-48)108-88(144)71(46(8)117)112-66(122)36-96-77(133)53(23-26-67(123)124)102-74(130)45(7)99-76(132)52(92)32-50-34-94-40-97-50/h10-12,15-16,18-21,34,40-47,52-63,70-72,115-119,148H,13-14,17,22-33,35-39,91-92H2,1-9H3,(H2,93,120)(H,94,97)(H,95,134)(H,96,133)(H,98,129)(H,99,132)(H,100,135)(H,101,121)(H,102,130)(H,103,136)(H,104,131)(H,105,137)(H,106,140)(H,107,141)(H,108,144)(H,109,142)(H,110,145)(H,111,143)(H,112,122)(H,113,139)(H,114,138)(H,123,124)(H,125,126)(H,127,128)(H,146,147)/t43-,44-,45-,46+,47+,52-,53-,54-,55-,56-,57-,58-,59-,60-,61-,62-,63-,70-,71-,72-/m0/s1. The highest BCUT2D eigenvalue weighted by atomic mass is 32.1. The van der Waals surface area contributed by atoms with Crippen molar-refractivity contribution in [3.63, 3.8) is 0 Å². The summed E-state index contributed by atoms with van der Waals surface area (Å²) in [7, 11) is 0. The molecule has 0 spiro atoms. The summed E-state index contributed by atoms with van der Waals surface area (Å²) in [6.07, 6.45) is -6.12. The number of hydrogen-bond acceptors (Lipinski definition) is 33. The summed E-state index contributed by atoms with van der Waals surface area (Å²) in [6, 6.07) is -18.2. The molecule has 1 heterocycles. The van der Waals surface area contributed by atoms with E-state index in [1.54, 1.807) is 19.9 Å². The zero-order chi connectivity index (χ0) is 112. The molecule has 148 heavy (non-hydrogen) atoms. The number of aliphatic hydroxyl groups excluding tert-OH is 4. The molecule has 35 N–H and O–H groups in total. The molecule has 3 aromatic rings. The normalized spacial score (nSPS) is 15.1. The quantitative estimate of drug-likeness (QED) is 0.0184. The molecule has 0 radical (unpaired) electrons. The number of primary amides is 1. The molecule has 0 unspecified atom stereocenters. The lowest BCUT2D eigenvalue weighted by Crippen LogP contribution is -2.63. The minimum absolute atomic E-state index is 0.0251. The molecule has 820 valence electrons. The number of aliphatic carboxylic acids is 4. The second-order valence-electron chi connectivity index (χ2n) is 35.3. The van der Waals surface area contributed by atoms with Crippen LogP contribution in [-0.4, -0.2) is 358 Å². The number of hydrogen-bond donors (Lipinski definition) is 33. The maximum atomic E-state index is 14.6. The highest BCUT2D eigenvalue weighted by Crippen LogP contribution is 2.17. The van der Waals surface area contributed by atoms with Crippen LogP contribution in [-0.2, 0) is 134 Å². The summed E-state index contributed by atoms with van der Waals surface area (Å²) in [5.74, 6) is -31.5. The van der Waals surface area contributed by atoms with Gasteiger partial charge in [-0.05, 0) is 121 Å². The fourth-order valence-electron chi connectivity index (χ4n) is 13.7. The van der Waals surface area contributed by atoms with Crippen molar-refractivity contribution in [3.05, 3.63) is 83.9 Å². The number of carboxylic acid groups (broad SMARTS) is 4. The maximum Gasteiger partial charge on any atom is 0.326 e. The van der Waals surface area contributed by atoms with Gasteiger partial charge in [-0.15, -0.1) is 0 Å². The summed E-state index contributed by atoms with van der Waals surface area (Å²) in [6.45, 7) is 7.28. The van der Waals surface area contributed by atoms with E-state index in [9.17, 15) is 161 Å². The molecule has 0 bridgehead atoms. The van der Waals surface area contributed by atoms with Gasteiger partial charge in [0.05, 0.1) is 63.0 Å². The summed E-state index contributed by atoms with van der Waals surface area (Å²) in [4.78, 5) is 328. The van der Waals surface area contributed by atoms with E-state index in [1.807, 2.05) is 5.32 Å². The van der Waals surface area contributed by atoms with Crippen molar-refractivity contribution < 1.29 is 161 Å². The Kier molecular flexibility index (Phi) is 55.5. The van der Waals surface area contributed by atoms with Crippen molar-refractivity contribution in [2.45, 2.75) is 273 Å². The van der Waals surface area contributed by atoms with Gasteiger partial charge in [0.2, 0.25) is 118 Å². The zero-order valence-electron chi connectivity index (χ0n) is 82.6. The molecular formula is C90H136N24O33S. The van der Waals surface area contributed by atoms with Crippen LogP contribution in [0.1, 0.15) is 150 Å². The van der Waals surface area contributed by atoms with E-state index in [0.29, 0.717) is 24.1 Å². The maximum absolute atomic E-state index is 14.6. The Labute approximate surface area is 853 Å². The van der Waals surface area contributed by atoms with E-state index in [4.69, 9.17) is 17.2 Å². The van der Waals surface area contributed by atoms with Crippen molar-refractivity contribution >= 4 is 155 Å². The third kappa shape index (κ3) is 46.5. The van der Waals surface area contributed by atoms with E-state index >= 15 is 0 Å². The van der Waals surface area contributed by atoms with Crippen LogP contribution in [0.3, 0.4) is 0 Å².